The Morgan fingerprint density at radius 1 is 1.19 bits per heavy atom. The number of carbonyl (C=O) groups is 1. The maximum atomic E-state index is 12.7. The van der Waals surface area contributed by atoms with Gasteiger partial charge in [0.25, 0.3) is 0 Å². The lowest BCUT2D eigenvalue weighted by Gasteiger charge is -2.31. The molecule has 2 aromatic heterocycles. The van der Waals surface area contributed by atoms with E-state index in [-0.39, 0.29) is 5.91 Å². The number of benzene rings is 1. The molecule has 5 nitrogen and oxygen atoms in total. The summed E-state index contributed by atoms with van der Waals surface area (Å²) >= 11 is 1.59. The second-order valence-electron chi connectivity index (χ2n) is 7.27. The van der Waals surface area contributed by atoms with Crippen molar-refractivity contribution in [3.63, 3.8) is 0 Å². The maximum absolute atomic E-state index is 12.7. The van der Waals surface area contributed by atoms with Crippen LogP contribution in [0.15, 0.2) is 30.5 Å². The monoisotopic (exact) mass is 380 g/mol. The molecule has 0 aliphatic carbocycles. The number of fused-ring (bicyclic) bond motifs is 1. The van der Waals surface area contributed by atoms with Gasteiger partial charge in [-0.05, 0) is 43.2 Å². The number of nitrogens with zero attached hydrogens (tertiary/aromatic N) is 4. The summed E-state index contributed by atoms with van der Waals surface area (Å²) in [5.41, 5.74) is 1.88. The van der Waals surface area contributed by atoms with Gasteiger partial charge >= 0.3 is 0 Å². The van der Waals surface area contributed by atoms with E-state index in [9.17, 15) is 4.79 Å². The molecule has 1 aliphatic rings. The Morgan fingerprint density at radius 3 is 2.70 bits per heavy atom. The summed E-state index contributed by atoms with van der Waals surface area (Å²) in [7, 11) is 0. The lowest BCUT2D eigenvalue weighted by Crippen LogP contribution is -2.39. The van der Waals surface area contributed by atoms with E-state index in [0.29, 0.717) is 6.42 Å². The first kappa shape index (κ1) is 18.0. The lowest BCUT2D eigenvalue weighted by atomic mass is 9.94. The summed E-state index contributed by atoms with van der Waals surface area (Å²) in [4.78, 5) is 19.2. The van der Waals surface area contributed by atoms with Crippen LogP contribution >= 0.6 is 11.3 Å². The minimum atomic E-state index is 0.187. The molecule has 0 radical (unpaired) electrons. The van der Waals surface area contributed by atoms with E-state index in [1.807, 2.05) is 30.2 Å². The Morgan fingerprint density at radius 2 is 2.00 bits per heavy atom. The molecular weight excluding hydrogens is 356 g/mol. The third kappa shape index (κ3) is 4.00. The topological polar surface area (TPSA) is 59.0 Å². The number of aryl methyl sites for hydroxylation is 1. The summed E-state index contributed by atoms with van der Waals surface area (Å²) < 4.78 is 0. The highest BCUT2D eigenvalue weighted by atomic mass is 32.1. The fourth-order valence-electron chi connectivity index (χ4n) is 3.69. The molecule has 0 atom stereocenters. The highest BCUT2D eigenvalue weighted by Crippen LogP contribution is 2.27. The van der Waals surface area contributed by atoms with Crippen LogP contribution in [-0.2, 0) is 11.2 Å². The van der Waals surface area contributed by atoms with Crippen LogP contribution in [-0.4, -0.2) is 39.1 Å². The van der Waals surface area contributed by atoms with Crippen molar-refractivity contribution in [1.82, 2.24) is 20.1 Å². The number of hydrogen-bond acceptors (Lipinski definition) is 5. The van der Waals surface area contributed by atoms with Crippen LogP contribution < -0.4 is 0 Å². The zero-order valence-corrected chi connectivity index (χ0v) is 16.6. The van der Waals surface area contributed by atoms with Crippen molar-refractivity contribution in [3.05, 3.63) is 41.2 Å². The van der Waals surface area contributed by atoms with Crippen LogP contribution in [0.25, 0.3) is 21.3 Å². The molecule has 0 saturated carbocycles. The smallest absolute Gasteiger partial charge is 0.228 e. The van der Waals surface area contributed by atoms with E-state index < -0.39 is 0 Å². The molecule has 140 valence electrons. The van der Waals surface area contributed by atoms with Gasteiger partial charge in [0.15, 0.2) is 0 Å². The Balaban J connectivity index is 1.51. The van der Waals surface area contributed by atoms with E-state index >= 15 is 0 Å². The maximum Gasteiger partial charge on any atom is 0.228 e. The third-order valence-corrected chi connectivity index (χ3v) is 6.32. The number of aromatic nitrogens is 3. The SMILES string of the molecule is CCC1CCN(C(=O)Cc2cc3cc(-c4nnc(C)s4)ccc3cn2)CC1. The van der Waals surface area contributed by atoms with Gasteiger partial charge in [0, 0.05) is 30.2 Å². The molecule has 3 heterocycles. The van der Waals surface area contributed by atoms with Gasteiger partial charge in [0.2, 0.25) is 5.91 Å². The van der Waals surface area contributed by atoms with Gasteiger partial charge in [-0.2, -0.15) is 0 Å². The number of carbonyl (C=O) groups excluding carboxylic acids is 1. The van der Waals surface area contributed by atoms with E-state index in [1.165, 1.54) is 6.42 Å². The van der Waals surface area contributed by atoms with Gasteiger partial charge in [-0.15, -0.1) is 10.2 Å². The highest BCUT2D eigenvalue weighted by molar-refractivity contribution is 7.14. The fourth-order valence-corrected chi connectivity index (χ4v) is 4.37. The molecule has 4 rings (SSSR count). The lowest BCUT2D eigenvalue weighted by molar-refractivity contribution is -0.131. The van der Waals surface area contributed by atoms with Crippen molar-refractivity contribution in [3.8, 4) is 10.6 Å². The van der Waals surface area contributed by atoms with E-state index in [0.717, 1.165) is 63.9 Å². The van der Waals surface area contributed by atoms with Crippen molar-refractivity contribution in [2.75, 3.05) is 13.1 Å². The first-order chi connectivity index (χ1) is 13.1. The number of hydrogen-bond donors (Lipinski definition) is 0. The van der Waals surface area contributed by atoms with Gasteiger partial charge in [-0.3, -0.25) is 9.78 Å². The standard InChI is InChI=1S/C21H24N4OS/c1-3-15-6-8-25(9-7-15)20(26)12-19-11-18-10-16(4-5-17(18)13-22-19)21-24-23-14(2)27-21/h4-5,10-11,13,15H,3,6-9,12H2,1-2H3. The average molecular weight is 381 g/mol. The first-order valence-corrected chi connectivity index (χ1v) is 10.4. The van der Waals surface area contributed by atoms with Crippen LogP contribution in [0.3, 0.4) is 0 Å². The van der Waals surface area contributed by atoms with Crippen molar-refractivity contribution in [1.29, 1.82) is 0 Å². The van der Waals surface area contributed by atoms with Crippen molar-refractivity contribution >= 4 is 28.0 Å². The van der Waals surface area contributed by atoms with Crippen LogP contribution in [0.4, 0.5) is 0 Å². The molecule has 1 aromatic carbocycles. The quantitative estimate of drug-likeness (QED) is 0.679. The van der Waals surface area contributed by atoms with E-state index in [4.69, 9.17) is 0 Å². The van der Waals surface area contributed by atoms with Gasteiger partial charge in [0.1, 0.15) is 10.0 Å². The van der Waals surface area contributed by atoms with Crippen LogP contribution in [0, 0.1) is 12.8 Å². The van der Waals surface area contributed by atoms with E-state index in [2.05, 4.69) is 34.2 Å². The minimum Gasteiger partial charge on any atom is -0.342 e. The summed E-state index contributed by atoms with van der Waals surface area (Å²) in [5, 5.41) is 12.4. The summed E-state index contributed by atoms with van der Waals surface area (Å²) in [5.74, 6) is 0.961. The Labute approximate surface area is 163 Å². The van der Waals surface area contributed by atoms with Crippen LogP contribution in [0.1, 0.15) is 36.9 Å². The highest BCUT2D eigenvalue weighted by Gasteiger charge is 2.22. The predicted octanol–water partition coefficient (Wildman–Crippen LogP) is 4.25. The molecule has 0 N–H and O–H groups in total. The minimum absolute atomic E-state index is 0.187. The molecule has 1 amide bonds. The average Bonchev–Trinajstić information content (AvgIpc) is 3.14. The first-order valence-electron chi connectivity index (χ1n) is 9.59. The number of amides is 1. The zero-order chi connectivity index (χ0) is 18.8. The molecule has 1 fully saturated rings. The van der Waals surface area contributed by atoms with Crippen molar-refractivity contribution in [2.24, 2.45) is 5.92 Å². The van der Waals surface area contributed by atoms with Gasteiger partial charge in [-0.25, -0.2) is 0 Å². The molecule has 0 unspecified atom stereocenters. The molecule has 0 spiro atoms. The Hall–Kier alpha value is -2.34. The molecule has 27 heavy (non-hydrogen) atoms. The van der Waals surface area contributed by atoms with Crippen molar-refractivity contribution < 1.29 is 4.79 Å². The summed E-state index contributed by atoms with van der Waals surface area (Å²) in [6.45, 7) is 5.95. The zero-order valence-electron chi connectivity index (χ0n) is 15.8. The number of piperidine rings is 1. The molecular formula is C21H24N4OS. The summed E-state index contributed by atoms with van der Waals surface area (Å²) in [6.07, 6.45) is 5.69. The van der Waals surface area contributed by atoms with Gasteiger partial charge in [0.05, 0.1) is 12.1 Å². The van der Waals surface area contributed by atoms with Crippen LogP contribution in [0.5, 0.6) is 0 Å². The third-order valence-electron chi connectivity index (χ3n) is 5.43. The predicted molar refractivity (Wildman–Crippen MR) is 109 cm³/mol. The molecule has 6 heteroatoms. The van der Waals surface area contributed by atoms with Crippen molar-refractivity contribution in [2.45, 2.75) is 39.5 Å². The largest absolute Gasteiger partial charge is 0.342 e. The second-order valence-corrected chi connectivity index (χ2v) is 8.45. The molecule has 3 aromatic rings. The number of likely N-dealkylation sites (tertiary alicyclic amines) is 1. The van der Waals surface area contributed by atoms with Gasteiger partial charge in [-0.1, -0.05) is 36.8 Å². The normalized spacial score (nSPS) is 15.4. The number of pyridine rings is 1. The Bertz CT molecular complexity index is 960. The number of rotatable bonds is 4. The summed E-state index contributed by atoms with van der Waals surface area (Å²) in [6, 6.07) is 8.24. The Kier molecular flexibility index (Phi) is 5.16. The second kappa shape index (κ2) is 7.72. The molecule has 0 bridgehead atoms. The van der Waals surface area contributed by atoms with E-state index in [1.54, 1.807) is 11.3 Å². The molecule has 1 saturated heterocycles. The fraction of sp³-hybridized carbons (Fsp3) is 0.429. The van der Waals surface area contributed by atoms with Crippen LogP contribution in [0.2, 0.25) is 0 Å². The molecule has 1 aliphatic heterocycles. The van der Waals surface area contributed by atoms with Gasteiger partial charge < -0.3 is 4.90 Å².